The molecule has 3 heterocycles. The number of anilines is 2. The molecule has 2 aromatic rings. The molecule has 0 atom stereocenters. The second kappa shape index (κ2) is 13.0. The molecule has 0 bridgehead atoms. The summed E-state index contributed by atoms with van der Waals surface area (Å²) in [7, 11) is 1.61. The molecular weight excluding hydrogens is 426 g/mol. The zero-order valence-corrected chi connectivity index (χ0v) is 19.2. The maximum absolute atomic E-state index is 11.8. The minimum atomic E-state index is -0.250. The molecule has 0 unspecified atom stereocenters. The van der Waals surface area contributed by atoms with Gasteiger partial charge >= 0.3 is 6.03 Å². The van der Waals surface area contributed by atoms with E-state index in [1.807, 2.05) is 32.0 Å². The van der Waals surface area contributed by atoms with E-state index in [0.29, 0.717) is 18.1 Å². The van der Waals surface area contributed by atoms with Gasteiger partial charge in [-0.05, 0) is 43.7 Å². The van der Waals surface area contributed by atoms with Crippen molar-refractivity contribution in [3.63, 3.8) is 0 Å². The van der Waals surface area contributed by atoms with Crippen LogP contribution in [0.5, 0.6) is 0 Å². The van der Waals surface area contributed by atoms with Crippen molar-refractivity contribution in [1.29, 1.82) is 0 Å². The summed E-state index contributed by atoms with van der Waals surface area (Å²) in [5, 5.41) is 14.9. The van der Waals surface area contributed by atoms with Crippen molar-refractivity contribution < 1.29 is 19.5 Å². The summed E-state index contributed by atoms with van der Waals surface area (Å²) in [6.45, 7) is 8.53. The third-order valence-electron chi connectivity index (χ3n) is 5.04. The van der Waals surface area contributed by atoms with Crippen LogP contribution in [0.1, 0.15) is 28.7 Å². The van der Waals surface area contributed by atoms with Crippen LogP contribution in [-0.2, 0) is 11.3 Å². The van der Waals surface area contributed by atoms with E-state index in [1.165, 1.54) is 0 Å². The predicted octanol–water partition coefficient (Wildman–Crippen LogP) is 1.31. The Hall–Kier alpha value is -3.73. The van der Waals surface area contributed by atoms with Crippen molar-refractivity contribution >= 4 is 29.9 Å². The van der Waals surface area contributed by atoms with E-state index in [0.717, 1.165) is 49.7 Å². The Morgan fingerprint density at radius 2 is 1.88 bits per heavy atom. The van der Waals surface area contributed by atoms with Gasteiger partial charge in [0.2, 0.25) is 0 Å². The zero-order chi connectivity index (χ0) is 24.2. The van der Waals surface area contributed by atoms with Gasteiger partial charge in [0.25, 0.3) is 12.4 Å². The number of amides is 3. The van der Waals surface area contributed by atoms with Gasteiger partial charge in [-0.2, -0.15) is 0 Å². The van der Waals surface area contributed by atoms with Crippen molar-refractivity contribution in [1.82, 2.24) is 25.5 Å². The molecule has 1 aliphatic rings. The molecule has 11 heteroatoms. The van der Waals surface area contributed by atoms with Gasteiger partial charge in [-0.25, -0.2) is 14.8 Å². The fraction of sp³-hybridized carbons (Fsp3) is 0.409. The smallest absolute Gasteiger partial charge is 0.320 e. The molecule has 0 aromatic carbocycles. The molecule has 3 amide bonds. The van der Waals surface area contributed by atoms with Gasteiger partial charge in [0.15, 0.2) is 0 Å². The molecule has 4 N–H and O–H groups in total. The number of carbonyl (C=O) groups excluding carboxylic acids is 2. The summed E-state index contributed by atoms with van der Waals surface area (Å²) in [5.74, 6) is 0.378. The molecule has 178 valence electrons. The number of aryl methyl sites for hydroxylation is 1. The lowest BCUT2D eigenvalue weighted by molar-refractivity contribution is -0.122. The maximum atomic E-state index is 11.8. The molecule has 3 rings (SSSR count). The number of pyridine rings is 2. The molecule has 33 heavy (non-hydrogen) atoms. The Labute approximate surface area is 193 Å². The van der Waals surface area contributed by atoms with Gasteiger partial charge in [-0.1, -0.05) is 0 Å². The SMILES string of the molecule is CCNC(=O)Nc1cc(CN2CCN(c3ccc(C(=O)NC)nc3C)CC2)ccn1.O=CO. The highest BCUT2D eigenvalue weighted by atomic mass is 16.3. The van der Waals surface area contributed by atoms with Gasteiger partial charge in [0.1, 0.15) is 11.5 Å². The van der Waals surface area contributed by atoms with Crippen LogP contribution in [0.2, 0.25) is 0 Å². The molecule has 1 aliphatic heterocycles. The van der Waals surface area contributed by atoms with E-state index in [4.69, 9.17) is 9.90 Å². The Morgan fingerprint density at radius 1 is 1.18 bits per heavy atom. The summed E-state index contributed by atoms with van der Waals surface area (Å²) < 4.78 is 0. The van der Waals surface area contributed by atoms with Gasteiger partial charge < -0.3 is 20.6 Å². The van der Waals surface area contributed by atoms with E-state index in [1.54, 1.807) is 19.3 Å². The lowest BCUT2D eigenvalue weighted by Crippen LogP contribution is -2.46. The molecule has 11 nitrogen and oxygen atoms in total. The maximum Gasteiger partial charge on any atom is 0.320 e. The number of piperazine rings is 1. The van der Waals surface area contributed by atoms with Gasteiger partial charge in [-0.3, -0.25) is 19.8 Å². The molecule has 0 radical (unpaired) electrons. The minimum absolute atomic E-state index is 0.173. The first-order valence-electron chi connectivity index (χ1n) is 10.7. The first-order valence-corrected chi connectivity index (χ1v) is 10.7. The number of nitrogens with zero attached hydrogens (tertiary/aromatic N) is 4. The quantitative estimate of drug-likeness (QED) is 0.476. The lowest BCUT2D eigenvalue weighted by atomic mass is 10.2. The average molecular weight is 458 g/mol. The minimum Gasteiger partial charge on any atom is -0.483 e. The lowest BCUT2D eigenvalue weighted by Gasteiger charge is -2.36. The van der Waals surface area contributed by atoms with E-state index in [-0.39, 0.29) is 18.4 Å². The topological polar surface area (TPSA) is 140 Å². The third kappa shape index (κ3) is 7.72. The summed E-state index contributed by atoms with van der Waals surface area (Å²) in [6, 6.07) is 7.38. The summed E-state index contributed by atoms with van der Waals surface area (Å²) in [4.78, 5) is 45.1. The van der Waals surface area contributed by atoms with Crippen LogP contribution in [0.15, 0.2) is 30.5 Å². The van der Waals surface area contributed by atoms with Crippen LogP contribution in [-0.4, -0.2) is 78.2 Å². The van der Waals surface area contributed by atoms with Crippen LogP contribution in [0.25, 0.3) is 0 Å². The van der Waals surface area contributed by atoms with Crippen molar-refractivity contribution in [3.05, 3.63) is 47.4 Å². The molecule has 1 saturated heterocycles. The molecular formula is C22H31N7O4. The van der Waals surface area contributed by atoms with Crippen LogP contribution in [0.3, 0.4) is 0 Å². The number of carbonyl (C=O) groups is 3. The summed E-state index contributed by atoms with van der Waals surface area (Å²) in [6.07, 6.45) is 1.72. The third-order valence-corrected chi connectivity index (χ3v) is 5.04. The fourth-order valence-electron chi connectivity index (χ4n) is 3.51. The first-order chi connectivity index (χ1) is 15.9. The van der Waals surface area contributed by atoms with E-state index in [2.05, 4.69) is 35.7 Å². The van der Waals surface area contributed by atoms with E-state index < -0.39 is 0 Å². The van der Waals surface area contributed by atoms with Crippen LogP contribution in [0, 0.1) is 6.92 Å². The van der Waals surface area contributed by atoms with Crippen molar-refractivity contribution in [2.45, 2.75) is 20.4 Å². The molecule has 0 aliphatic carbocycles. The number of nitrogens with one attached hydrogen (secondary N) is 3. The van der Waals surface area contributed by atoms with Crippen molar-refractivity contribution in [2.24, 2.45) is 0 Å². The van der Waals surface area contributed by atoms with E-state index in [9.17, 15) is 9.59 Å². The number of rotatable bonds is 6. The number of aromatic nitrogens is 2. The largest absolute Gasteiger partial charge is 0.483 e. The summed E-state index contributed by atoms with van der Waals surface area (Å²) in [5.41, 5.74) is 3.48. The van der Waals surface area contributed by atoms with Crippen molar-refractivity contribution in [3.8, 4) is 0 Å². The second-order valence-electron chi connectivity index (χ2n) is 7.28. The van der Waals surface area contributed by atoms with Gasteiger partial charge in [0, 0.05) is 52.5 Å². The average Bonchev–Trinajstić information content (AvgIpc) is 2.80. The normalized spacial score (nSPS) is 13.4. The summed E-state index contributed by atoms with van der Waals surface area (Å²) >= 11 is 0. The Kier molecular flexibility index (Phi) is 10.0. The molecule has 1 fully saturated rings. The highest BCUT2D eigenvalue weighted by Gasteiger charge is 2.20. The van der Waals surface area contributed by atoms with Crippen LogP contribution < -0.4 is 20.9 Å². The number of urea groups is 1. The predicted molar refractivity (Wildman–Crippen MR) is 125 cm³/mol. The standard InChI is InChI=1S/C21H29N7O2.CH2O2/c1-4-23-21(30)26-19-13-16(7-8-24-19)14-27-9-11-28(12-10-27)18-6-5-17(20(29)22-3)25-15(18)2;2-1-3/h5-8,13H,4,9-12,14H2,1-3H3,(H,22,29)(H2,23,24,26,30);1H,(H,2,3). The van der Waals surface area contributed by atoms with Crippen LogP contribution >= 0.6 is 0 Å². The fourth-order valence-corrected chi connectivity index (χ4v) is 3.51. The van der Waals surface area contributed by atoms with Crippen molar-refractivity contribution in [2.75, 3.05) is 50.0 Å². The highest BCUT2D eigenvalue weighted by molar-refractivity contribution is 5.92. The highest BCUT2D eigenvalue weighted by Crippen LogP contribution is 2.21. The number of hydrogen-bond donors (Lipinski definition) is 4. The Balaban J connectivity index is 0.00000122. The van der Waals surface area contributed by atoms with Gasteiger partial charge in [0.05, 0.1) is 11.4 Å². The number of hydrogen-bond acceptors (Lipinski definition) is 7. The number of carboxylic acid groups (broad SMARTS) is 1. The first kappa shape index (κ1) is 25.5. The zero-order valence-electron chi connectivity index (χ0n) is 19.2. The molecule has 2 aromatic heterocycles. The Bertz CT molecular complexity index is 946. The molecule has 0 saturated carbocycles. The monoisotopic (exact) mass is 457 g/mol. The van der Waals surface area contributed by atoms with Crippen LogP contribution in [0.4, 0.5) is 16.3 Å². The molecule has 0 spiro atoms. The van der Waals surface area contributed by atoms with E-state index >= 15 is 0 Å². The van der Waals surface area contributed by atoms with Gasteiger partial charge in [-0.15, -0.1) is 0 Å². The second-order valence-corrected chi connectivity index (χ2v) is 7.28. The Morgan fingerprint density at radius 3 is 2.48 bits per heavy atom.